The number of carbonyl (C=O) groups excluding carboxylic acids is 2. The Morgan fingerprint density at radius 1 is 1.37 bits per heavy atom. The van der Waals surface area contributed by atoms with Crippen LogP contribution in [0.1, 0.15) is 33.6 Å². The van der Waals surface area contributed by atoms with E-state index in [-0.39, 0.29) is 18.2 Å². The topological polar surface area (TPSA) is 86.7 Å². The standard InChI is InChI=1S/C13H22N2O4/c1-12(2,11(18)19)7-9(16)15-6-5-13(3,8-15)10(17)14-4/h5-8H2,1-4H3,(H,14,17)(H,18,19). The molecule has 1 aliphatic heterocycles. The molecule has 2 amide bonds. The Hall–Kier alpha value is -1.59. The van der Waals surface area contributed by atoms with E-state index in [1.54, 1.807) is 11.9 Å². The summed E-state index contributed by atoms with van der Waals surface area (Å²) in [5.74, 6) is -1.28. The molecule has 0 spiro atoms. The Kier molecular flexibility index (Phi) is 4.22. The molecular weight excluding hydrogens is 248 g/mol. The number of likely N-dealkylation sites (tertiary alicyclic amines) is 1. The van der Waals surface area contributed by atoms with Crippen molar-refractivity contribution >= 4 is 17.8 Å². The zero-order valence-electron chi connectivity index (χ0n) is 11.9. The average molecular weight is 270 g/mol. The Labute approximate surface area is 113 Å². The molecule has 1 saturated heterocycles. The zero-order valence-corrected chi connectivity index (χ0v) is 11.9. The SMILES string of the molecule is CNC(=O)C1(C)CCN(C(=O)CC(C)(C)C(=O)O)C1. The van der Waals surface area contributed by atoms with Crippen molar-refractivity contribution in [3.8, 4) is 0 Å². The van der Waals surface area contributed by atoms with Gasteiger partial charge in [-0.1, -0.05) is 0 Å². The molecule has 1 heterocycles. The van der Waals surface area contributed by atoms with Crippen molar-refractivity contribution in [1.29, 1.82) is 0 Å². The summed E-state index contributed by atoms with van der Waals surface area (Å²) in [7, 11) is 1.58. The largest absolute Gasteiger partial charge is 0.481 e. The van der Waals surface area contributed by atoms with Crippen LogP contribution in [0.5, 0.6) is 0 Å². The zero-order chi connectivity index (χ0) is 14.8. The number of carboxylic acid groups (broad SMARTS) is 1. The summed E-state index contributed by atoms with van der Waals surface area (Å²) >= 11 is 0. The van der Waals surface area contributed by atoms with Crippen molar-refractivity contribution in [2.75, 3.05) is 20.1 Å². The fourth-order valence-corrected chi connectivity index (χ4v) is 2.23. The highest BCUT2D eigenvalue weighted by Gasteiger charge is 2.42. The van der Waals surface area contributed by atoms with Crippen LogP contribution in [0, 0.1) is 10.8 Å². The normalized spacial score (nSPS) is 23.3. The van der Waals surface area contributed by atoms with Crippen LogP contribution in [0.15, 0.2) is 0 Å². The van der Waals surface area contributed by atoms with Crippen molar-refractivity contribution in [2.24, 2.45) is 10.8 Å². The molecule has 6 heteroatoms. The van der Waals surface area contributed by atoms with E-state index in [9.17, 15) is 14.4 Å². The van der Waals surface area contributed by atoms with Gasteiger partial charge in [0, 0.05) is 26.6 Å². The van der Waals surface area contributed by atoms with Crippen molar-refractivity contribution in [3.05, 3.63) is 0 Å². The molecule has 0 aromatic rings. The molecular formula is C13H22N2O4. The first-order valence-electron chi connectivity index (χ1n) is 6.36. The lowest BCUT2D eigenvalue weighted by Crippen LogP contribution is -2.41. The van der Waals surface area contributed by atoms with E-state index in [1.165, 1.54) is 13.8 Å². The molecule has 1 fully saturated rings. The van der Waals surface area contributed by atoms with Gasteiger partial charge in [0.25, 0.3) is 0 Å². The monoisotopic (exact) mass is 270 g/mol. The van der Waals surface area contributed by atoms with Gasteiger partial charge in [-0.05, 0) is 27.2 Å². The van der Waals surface area contributed by atoms with Crippen LogP contribution in [0.3, 0.4) is 0 Å². The predicted molar refractivity (Wildman–Crippen MR) is 69.4 cm³/mol. The second kappa shape index (κ2) is 5.19. The van der Waals surface area contributed by atoms with E-state index >= 15 is 0 Å². The molecule has 0 radical (unpaired) electrons. The Morgan fingerprint density at radius 3 is 2.42 bits per heavy atom. The van der Waals surface area contributed by atoms with E-state index in [0.29, 0.717) is 19.5 Å². The van der Waals surface area contributed by atoms with E-state index in [0.717, 1.165) is 0 Å². The molecule has 1 unspecified atom stereocenters. The van der Waals surface area contributed by atoms with Crippen molar-refractivity contribution in [1.82, 2.24) is 10.2 Å². The lowest BCUT2D eigenvalue weighted by Gasteiger charge is -2.25. The molecule has 1 aliphatic rings. The molecule has 1 rings (SSSR count). The summed E-state index contributed by atoms with van der Waals surface area (Å²) in [6.45, 7) is 5.73. The Balaban J connectivity index is 2.68. The molecule has 0 aromatic carbocycles. The summed E-state index contributed by atoms with van der Waals surface area (Å²) in [6.07, 6.45) is 0.554. The first-order chi connectivity index (χ1) is 8.62. The van der Waals surface area contributed by atoms with Crippen LogP contribution in [-0.4, -0.2) is 47.9 Å². The van der Waals surface area contributed by atoms with E-state index in [2.05, 4.69) is 5.32 Å². The van der Waals surface area contributed by atoms with E-state index < -0.39 is 16.8 Å². The Morgan fingerprint density at radius 2 is 1.95 bits per heavy atom. The average Bonchev–Trinajstić information content (AvgIpc) is 2.71. The minimum atomic E-state index is -1.08. The lowest BCUT2D eigenvalue weighted by atomic mass is 9.88. The lowest BCUT2D eigenvalue weighted by molar-refractivity contribution is -0.151. The minimum Gasteiger partial charge on any atom is -0.481 e. The Bertz CT molecular complexity index is 405. The number of hydrogen-bond acceptors (Lipinski definition) is 3. The minimum absolute atomic E-state index is 0.0494. The van der Waals surface area contributed by atoms with Gasteiger partial charge in [-0.25, -0.2) is 0 Å². The van der Waals surface area contributed by atoms with Gasteiger partial charge >= 0.3 is 5.97 Å². The summed E-state index contributed by atoms with van der Waals surface area (Å²) in [6, 6.07) is 0. The van der Waals surface area contributed by atoms with Gasteiger partial charge in [0.05, 0.1) is 10.8 Å². The fraction of sp³-hybridized carbons (Fsp3) is 0.769. The van der Waals surface area contributed by atoms with E-state index in [1.807, 2.05) is 6.92 Å². The third kappa shape index (κ3) is 3.24. The third-order valence-corrected chi connectivity index (χ3v) is 3.77. The van der Waals surface area contributed by atoms with Gasteiger partial charge in [-0.15, -0.1) is 0 Å². The maximum Gasteiger partial charge on any atom is 0.309 e. The maximum atomic E-state index is 12.1. The van der Waals surface area contributed by atoms with Crippen LogP contribution < -0.4 is 5.32 Å². The van der Waals surface area contributed by atoms with Crippen molar-refractivity contribution < 1.29 is 19.5 Å². The number of carboxylic acids is 1. The van der Waals surface area contributed by atoms with Crippen LogP contribution in [0.4, 0.5) is 0 Å². The number of amides is 2. The highest BCUT2D eigenvalue weighted by atomic mass is 16.4. The number of nitrogens with one attached hydrogen (secondary N) is 1. The number of nitrogens with zero attached hydrogens (tertiary/aromatic N) is 1. The predicted octanol–water partition coefficient (Wildman–Crippen LogP) is 0.472. The molecule has 0 aliphatic carbocycles. The highest BCUT2D eigenvalue weighted by Crippen LogP contribution is 2.32. The molecule has 19 heavy (non-hydrogen) atoms. The maximum absolute atomic E-state index is 12.1. The van der Waals surface area contributed by atoms with Crippen LogP contribution >= 0.6 is 0 Å². The first-order valence-corrected chi connectivity index (χ1v) is 6.36. The number of carbonyl (C=O) groups is 3. The van der Waals surface area contributed by atoms with Gasteiger partial charge in [0.15, 0.2) is 0 Å². The van der Waals surface area contributed by atoms with Gasteiger partial charge in [-0.2, -0.15) is 0 Å². The van der Waals surface area contributed by atoms with Crippen molar-refractivity contribution in [3.63, 3.8) is 0 Å². The van der Waals surface area contributed by atoms with Gasteiger partial charge in [0.1, 0.15) is 0 Å². The quantitative estimate of drug-likeness (QED) is 0.777. The molecule has 0 saturated carbocycles. The van der Waals surface area contributed by atoms with Crippen LogP contribution in [-0.2, 0) is 14.4 Å². The summed E-state index contributed by atoms with van der Waals surface area (Å²) in [5, 5.41) is 11.6. The van der Waals surface area contributed by atoms with E-state index in [4.69, 9.17) is 5.11 Å². The molecule has 6 nitrogen and oxygen atoms in total. The summed E-state index contributed by atoms with van der Waals surface area (Å²) in [4.78, 5) is 36.5. The smallest absolute Gasteiger partial charge is 0.309 e. The summed E-state index contributed by atoms with van der Waals surface area (Å²) in [5.41, 5.74) is -1.65. The van der Waals surface area contributed by atoms with Crippen molar-refractivity contribution in [2.45, 2.75) is 33.6 Å². The highest BCUT2D eigenvalue weighted by molar-refractivity contribution is 5.87. The molecule has 108 valence electrons. The first kappa shape index (κ1) is 15.5. The van der Waals surface area contributed by atoms with Crippen LogP contribution in [0.25, 0.3) is 0 Å². The van der Waals surface area contributed by atoms with Crippen LogP contribution in [0.2, 0.25) is 0 Å². The van der Waals surface area contributed by atoms with Gasteiger partial charge < -0.3 is 15.3 Å². The fourth-order valence-electron chi connectivity index (χ4n) is 2.23. The molecule has 2 N–H and O–H groups in total. The molecule has 1 atom stereocenters. The molecule has 0 aromatic heterocycles. The van der Waals surface area contributed by atoms with Gasteiger partial charge in [-0.3, -0.25) is 14.4 Å². The second-order valence-corrected chi connectivity index (χ2v) is 6.07. The number of aliphatic carboxylic acids is 1. The molecule has 0 bridgehead atoms. The number of rotatable bonds is 4. The van der Waals surface area contributed by atoms with Gasteiger partial charge in [0.2, 0.25) is 11.8 Å². The number of hydrogen-bond donors (Lipinski definition) is 2. The summed E-state index contributed by atoms with van der Waals surface area (Å²) < 4.78 is 0. The third-order valence-electron chi connectivity index (χ3n) is 3.77. The second-order valence-electron chi connectivity index (χ2n) is 6.07.